The van der Waals surface area contributed by atoms with Crippen LogP contribution in [-0.4, -0.2) is 35.2 Å². The number of ether oxygens (including phenoxy) is 1. The first kappa shape index (κ1) is 15.3. The average molecular weight is 306 g/mol. The SMILES string of the molecule is CCCNC(c1ccncc1)C1CCOC2(CCSC2)C1. The molecular weight excluding hydrogens is 280 g/mol. The summed E-state index contributed by atoms with van der Waals surface area (Å²) in [5.74, 6) is 3.11. The summed E-state index contributed by atoms with van der Waals surface area (Å²) in [5.41, 5.74) is 1.54. The van der Waals surface area contributed by atoms with Crippen LogP contribution < -0.4 is 5.32 Å². The molecule has 3 unspecified atom stereocenters. The van der Waals surface area contributed by atoms with Gasteiger partial charge in [0.25, 0.3) is 0 Å². The van der Waals surface area contributed by atoms with Gasteiger partial charge in [0.1, 0.15) is 0 Å². The number of hydrogen-bond donors (Lipinski definition) is 1. The van der Waals surface area contributed by atoms with E-state index in [1.165, 1.54) is 36.3 Å². The molecule has 1 aromatic heterocycles. The van der Waals surface area contributed by atoms with Crippen LogP contribution in [0.5, 0.6) is 0 Å². The largest absolute Gasteiger partial charge is 0.374 e. The summed E-state index contributed by atoms with van der Waals surface area (Å²) < 4.78 is 6.19. The summed E-state index contributed by atoms with van der Waals surface area (Å²) in [6, 6.07) is 4.77. The first-order valence-corrected chi connectivity index (χ1v) is 9.33. The van der Waals surface area contributed by atoms with E-state index in [0.717, 1.165) is 19.6 Å². The van der Waals surface area contributed by atoms with E-state index in [-0.39, 0.29) is 5.60 Å². The average Bonchev–Trinajstić information content (AvgIpc) is 2.97. The van der Waals surface area contributed by atoms with Crippen LogP contribution in [0.2, 0.25) is 0 Å². The van der Waals surface area contributed by atoms with Crippen molar-refractivity contribution < 1.29 is 4.74 Å². The lowest BCUT2D eigenvalue weighted by molar-refractivity contribution is -0.0854. The van der Waals surface area contributed by atoms with E-state index in [4.69, 9.17) is 4.74 Å². The minimum absolute atomic E-state index is 0.159. The van der Waals surface area contributed by atoms with E-state index in [9.17, 15) is 0 Å². The summed E-state index contributed by atoms with van der Waals surface area (Å²) in [7, 11) is 0. The fraction of sp³-hybridized carbons (Fsp3) is 0.706. The van der Waals surface area contributed by atoms with Gasteiger partial charge in [-0.2, -0.15) is 11.8 Å². The number of hydrogen-bond acceptors (Lipinski definition) is 4. The predicted octanol–water partition coefficient (Wildman–Crippen LogP) is 3.42. The lowest BCUT2D eigenvalue weighted by atomic mass is 9.79. The molecule has 0 bridgehead atoms. The van der Waals surface area contributed by atoms with Gasteiger partial charge in [-0.1, -0.05) is 6.92 Å². The highest BCUT2D eigenvalue weighted by Crippen LogP contribution is 2.43. The molecule has 2 fully saturated rings. The van der Waals surface area contributed by atoms with Crippen LogP contribution in [-0.2, 0) is 4.74 Å². The van der Waals surface area contributed by atoms with Gasteiger partial charge in [-0.3, -0.25) is 4.98 Å². The molecule has 0 amide bonds. The molecule has 3 heterocycles. The van der Waals surface area contributed by atoms with E-state index in [1.807, 2.05) is 12.4 Å². The van der Waals surface area contributed by atoms with Crippen molar-refractivity contribution in [2.24, 2.45) is 5.92 Å². The maximum Gasteiger partial charge on any atom is 0.0783 e. The Bertz CT molecular complexity index is 434. The summed E-state index contributed by atoms with van der Waals surface area (Å²) in [6.45, 7) is 4.22. The van der Waals surface area contributed by atoms with Crippen LogP contribution in [0.15, 0.2) is 24.5 Å². The molecule has 1 spiro atoms. The molecule has 116 valence electrons. The fourth-order valence-electron chi connectivity index (χ4n) is 3.64. The van der Waals surface area contributed by atoms with Gasteiger partial charge in [-0.15, -0.1) is 0 Å². The van der Waals surface area contributed by atoms with Crippen molar-refractivity contribution in [3.8, 4) is 0 Å². The Hall–Kier alpha value is -0.580. The van der Waals surface area contributed by atoms with Gasteiger partial charge in [0, 0.05) is 30.8 Å². The third kappa shape index (κ3) is 3.61. The van der Waals surface area contributed by atoms with Crippen molar-refractivity contribution in [3.05, 3.63) is 30.1 Å². The maximum absolute atomic E-state index is 6.19. The van der Waals surface area contributed by atoms with Crippen LogP contribution in [0.3, 0.4) is 0 Å². The molecule has 21 heavy (non-hydrogen) atoms. The van der Waals surface area contributed by atoms with Crippen LogP contribution in [0, 0.1) is 5.92 Å². The first-order valence-electron chi connectivity index (χ1n) is 8.18. The number of nitrogens with zero attached hydrogens (tertiary/aromatic N) is 1. The molecule has 0 radical (unpaired) electrons. The smallest absolute Gasteiger partial charge is 0.0783 e. The number of rotatable bonds is 5. The molecule has 2 aliphatic rings. The van der Waals surface area contributed by atoms with E-state index >= 15 is 0 Å². The molecule has 3 atom stereocenters. The number of nitrogens with one attached hydrogen (secondary N) is 1. The Kier molecular flexibility index (Phi) is 5.19. The van der Waals surface area contributed by atoms with Gasteiger partial charge in [0.05, 0.1) is 5.60 Å². The van der Waals surface area contributed by atoms with Crippen molar-refractivity contribution in [1.29, 1.82) is 0 Å². The van der Waals surface area contributed by atoms with Crippen molar-refractivity contribution in [2.45, 2.75) is 44.2 Å². The Labute approximate surface area is 132 Å². The van der Waals surface area contributed by atoms with Gasteiger partial charge in [0.15, 0.2) is 0 Å². The van der Waals surface area contributed by atoms with Crippen LogP contribution in [0.25, 0.3) is 0 Å². The zero-order valence-electron chi connectivity index (χ0n) is 12.9. The topological polar surface area (TPSA) is 34.2 Å². The second-order valence-corrected chi connectivity index (χ2v) is 7.40. The first-order chi connectivity index (χ1) is 10.3. The zero-order chi connectivity index (χ0) is 14.5. The number of aromatic nitrogens is 1. The van der Waals surface area contributed by atoms with Gasteiger partial charge >= 0.3 is 0 Å². The molecule has 0 saturated carbocycles. The second-order valence-electron chi connectivity index (χ2n) is 6.30. The van der Waals surface area contributed by atoms with Crippen LogP contribution >= 0.6 is 11.8 Å². The fourth-order valence-corrected chi connectivity index (χ4v) is 5.02. The monoisotopic (exact) mass is 306 g/mol. The molecule has 4 heteroatoms. The van der Waals surface area contributed by atoms with E-state index in [2.05, 4.69) is 41.1 Å². The van der Waals surface area contributed by atoms with E-state index in [1.54, 1.807) is 0 Å². The molecule has 1 N–H and O–H groups in total. The third-order valence-corrected chi connectivity index (χ3v) is 5.97. The molecular formula is C17H26N2OS. The van der Waals surface area contributed by atoms with Gasteiger partial charge in [0.2, 0.25) is 0 Å². The van der Waals surface area contributed by atoms with E-state index in [0.29, 0.717) is 12.0 Å². The van der Waals surface area contributed by atoms with Crippen molar-refractivity contribution >= 4 is 11.8 Å². The highest BCUT2D eigenvalue weighted by Gasteiger charge is 2.42. The van der Waals surface area contributed by atoms with Crippen LogP contribution in [0.4, 0.5) is 0 Å². The van der Waals surface area contributed by atoms with Crippen molar-refractivity contribution in [1.82, 2.24) is 10.3 Å². The van der Waals surface area contributed by atoms with Crippen LogP contribution in [0.1, 0.15) is 44.2 Å². The molecule has 3 rings (SSSR count). The standard InChI is InChI=1S/C17H26N2OS/c1-2-7-19-16(14-3-8-18-9-4-14)15-5-10-20-17(12-15)6-11-21-13-17/h3-4,8-9,15-16,19H,2,5-7,10-13H2,1H3. The minimum atomic E-state index is 0.159. The van der Waals surface area contributed by atoms with Crippen molar-refractivity contribution in [2.75, 3.05) is 24.7 Å². The second kappa shape index (κ2) is 7.12. The lowest BCUT2D eigenvalue weighted by Crippen LogP contribution is -2.43. The number of pyridine rings is 1. The predicted molar refractivity (Wildman–Crippen MR) is 88.6 cm³/mol. The summed E-state index contributed by atoms with van der Waals surface area (Å²) in [6.07, 6.45) is 8.59. The zero-order valence-corrected chi connectivity index (χ0v) is 13.7. The minimum Gasteiger partial charge on any atom is -0.374 e. The van der Waals surface area contributed by atoms with Gasteiger partial charge < -0.3 is 10.1 Å². The van der Waals surface area contributed by atoms with Gasteiger partial charge in [-0.25, -0.2) is 0 Å². The Morgan fingerprint density at radius 3 is 3.05 bits per heavy atom. The molecule has 0 aliphatic carbocycles. The molecule has 1 aromatic rings. The molecule has 3 nitrogen and oxygen atoms in total. The highest BCUT2D eigenvalue weighted by atomic mass is 32.2. The van der Waals surface area contributed by atoms with E-state index < -0.39 is 0 Å². The number of thioether (sulfide) groups is 1. The quantitative estimate of drug-likeness (QED) is 0.904. The molecule has 0 aromatic carbocycles. The third-order valence-electron chi connectivity index (χ3n) is 4.75. The normalized spacial score (nSPS) is 30.6. The molecule has 2 aliphatic heterocycles. The maximum atomic E-state index is 6.19. The molecule has 2 saturated heterocycles. The van der Waals surface area contributed by atoms with Gasteiger partial charge in [-0.05, 0) is 61.6 Å². The highest BCUT2D eigenvalue weighted by molar-refractivity contribution is 7.99. The van der Waals surface area contributed by atoms with Crippen molar-refractivity contribution in [3.63, 3.8) is 0 Å². The summed E-state index contributed by atoms with van der Waals surface area (Å²) in [5, 5.41) is 3.77. The lowest BCUT2D eigenvalue weighted by Gasteiger charge is -2.41. The summed E-state index contributed by atoms with van der Waals surface area (Å²) >= 11 is 2.05. The Morgan fingerprint density at radius 2 is 2.33 bits per heavy atom. The Balaban J connectivity index is 1.75. The Morgan fingerprint density at radius 1 is 1.48 bits per heavy atom. The summed E-state index contributed by atoms with van der Waals surface area (Å²) in [4.78, 5) is 4.17.